The molecule has 0 aliphatic carbocycles. The summed E-state index contributed by atoms with van der Waals surface area (Å²) in [5, 5.41) is 2.99. The predicted molar refractivity (Wildman–Crippen MR) is 72.9 cm³/mol. The van der Waals surface area contributed by atoms with E-state index < -0.39 is 0 Å². The number of nitrogens with one attached hydrogen (secondary N) is 1. The zero-order chi connectivity index (χ0) is 13.5. The van der Waals surface area contributed by atoms with Gasteiger partial charge in [-0.05, 0) is 50.4 Å². The number of benzene rings is 1. The maximum Gasteiger partial charge on any atom is 0.165 e. The molecule has 1 saturated heterocycles. The molecule has 1 aromatic rings. The molecule has 2 rings (SSSR count). The second-order valence-electron chi connectivity index (χ2n) is 4.92. The van der Waals surface area contributed by atoms with Gasteiger partial charge in [0.15, 0.2) is 11.6 Å². The van der Waals surface area contributed by atoms with E-state index in [-0.39, 0.29) is 5.82 Å². The lowest BCUT2D eigenvalue weighted by atomic mass is 10.1. The molecule has 1 aromatic carbocycles. The van der Waals surface area contributed by atoms with Crippen LogP contribution < -0.4 is 10.1 Å². The van der Waals surface area contributed by atoms with Crippen molar-refractivity contribution in [3.63, 3.8) is 0 Å². The summed E-state index contributed by atoms with van der Waals surface area (Å²) in [4.78, 5) is 0. The Morgan fingerprint density at radius 3 is 3.05 bits per heavy atom. The highest BCUT2D eigenvalue weighted by molar-refractivity contribution is 5.29. The van der Waals surface area contributed by atoms with E-state index in [1.165, 1.54) is 6.07 Å². The van der Waals surface area contributed by atoms with Crippen molar-refractivity contribution in [3.05, 3.63) is 29.6 Å². The fourth-order valence-electron chi connectivity index (χ4n) is 2.34. The first-order chi connectivity index (χ1) is 9.29. The van der Waals surface area contributed by atoms with E-state index in [0.29, 0.717) is 25.0 Å². The lowest BCUT2D eigenvalue weighted by molar-refractivity contribution is 0.0979. The molecule has 1 aliphatic rings. The molecule has 1 N–H and O–H groups in total. The van der Waals surface area contributed by atoms with E-state index >= 15 is 0 Å². The van der Waals surface area contributed by atoms with Crippen molar-refractivity contribution in [2.24, 2.45) is 0 Å². The van der Waals surface area contributed by atoms with Crippen molar-refractivity contribution >= 4 is 0 Å². The lowest BCUT2D eigenvalue weighted by Gasteiger charge is -2.11. The van der Waals surface area contributed by atoms with Gasteiger partial charge < -0.3 is 14.8 Å². The Kier molecular flexibility index (Phi) is 5.61. The minimum atomic E-state index is -0.287. The monoisotopic (exact) mass is 267 g/mol. The third-order valence-corrected chi connectivity index (χ3v) is 3.33. The second-order valence-corrected chi connectivity index (χ2v) is 4.92. The molecule has 0 amide bonds. The summed E-state index contributed by atoms with van der Waals surface area (Å²) in [6.07, 6.45) is 4.59. The Morgan fingerprint density at radius 2 is 2.37 bits per heavy atom. The number of rotatable bonds is 7. The van der Waals surface area contributed by atoms with Crippen LogP contribution in [0.3, 0.4) is 0 Å². The van der Waals surface area contributed by atoms with Gasteiger partial charge in [-0.1, -0.05) is 6.07 Å². The Morgan fingerprint density at radius 1 is 1.47 bits per heavy atom. The van der Waals surface area contributed by atoms with E-state index in [1.807, 2.05) is 13.1 Å². The van der Waals surface area contributed by atoms with Gasteiger partial charge in [0.05, 0.1) is 12.7 Å². The van der Waals surface area contributed by atoms with Crippen molar-refractivity contribution in [1.82, 2.24) is 5.32 Å². The van der Waals surface area contributed by atoms with Crippen LogP contribution in [0.4, 0.5) is 4.39 Å². The molecule has 0 aromatic heterocycles. The van der Waals surface area contributed by atoms with E-state index in [1.54, 1.807) is 6.07 Å². The maximum atomic E-state index is 13.7. The predicted octanol–water partition coefficient (Wildman–Crippen LogP) is 2.88. The summed E-state index contributed by atoms with van der Waals surface area (Å²) in [6.45, 7) is 2.09. The van der Waals surface area contributed by atoms with Gasteiger partial charge in [-0.25, -0.2) is 4.39 Å². The number of ether oxygens (including phenoxy) is 2. The highest BCUT2D eigenvalue weighted by atomic mass is 19.1. The quantitative estimate of drug-likeness (QED) is 0.771. The van der Waals surface area contributed by atoms with E-state index in [0.717, 1.165) is 37.9 Å². The lowest BCUT2D eigenvalue weighted by Crippen LogP contribution is -2.08. The smallest absolute Gasteiger partial charge is 0.165 e. The molecule has 0 spiro atoms. The van der Waals surface area contributed by atoms with Crippen LogP contribution in [0.15, 0.2) is 18.2 Å². The van der Waals surface area contributed by atoms with E-state index in [9.17, 15) is 4.39 Å². The molecule has 106 valence electrons. The molecule has 3 nitrogen and oxygen atoms in total. The normalized spacial score (nSPS) is 18.7. The summed E-state index contributed by atoms with van der Waals surface area (Å²) in [5.41, 5.74) is 0.923. The van der Waals surface area contributed by atoms with Crippen molar-refractivity contribution < 1.29 is 13.9 Å². The van der Waals surface area contributed by atoms with Crippen molar-refractivity contribution in [2.75, 3.05) is 20.3 Å². The minimum Gasteiger partial charge on any atom is -0.491 e. The minimum absolute atomic E-state index is 0.287. The van der Waals surface area contributed by atoms with Crippen LogP contribution in [-0.4, -0.2) is 26.4 Å². The van der Waals surface area contributed by atoms with Crippen LogP contribution in [0.2, 0.25) is 0 Å². The third kappa shape index (κ3) is 4.48. The molecule has 1 aliphatic heterocycles. The molecule has 1 heterocycles. The van der Waals surface area contributed by atoms with Crippen LogP contribution in [0.1, 0.15) is 31.2 Å². The Balaban J connectivity index is 1.72. The van der Waals surface area contributed by atoms with Crippen molar-refractivity contribution in [1.29, 1.82) is 0 Å². The van der Waals surface area contributed by atoms with Crippen molar-refractivity contribution in [3.8, 4) is 5.75 Å². The summed E-state index contributed by atoms with van der Waals surface area (Å²) < 4.78 is 24.7. The molecule has 1 fully saturated rings. The summed E-state index contributed by atoms with van der Waals surface area (Å²) in [6, 6.07) is 5.11. The van der Waals surface area contributed by atoms with Crippen LogP contribution in [0, 0.1) is 5.82 Å². The summed E-state index contributed by atoms with van der Waals surface area (Å²) in [5.74, 6) is 0.0528. The van der Waals surface area contributed by atoms with Gasteiger partial charge in [0.25, 0.3) is 0 Å². The van der Waals surface area contributed by atoms with Gasteiger partial charge in [-0.2, -0.15) is 0 Å². The van der Waals surface area contributed by atoms with Crippen LogP contribution in [0.5, 0.6) is 5.75 Å². The molecule has 0 radical (unpaired) electrons. The second kappa shape index (κ2) is 7.46. The molecule has 0 bridgehead atoms. The van der Waals surface area contributed by atoms with E-state index in [2.05, 4.69) is 5.32 Å². The zero-order valence-corrected chi connectivity index (χ0v) is 11.5. The molecule has 1 atom stereocenters. The summed E-state index contributed by atoms with van der Waals surface area (Å²) in [7, 11) is 1.84. The first-order valence-electron chi connectivity index (χ1n) is 6.97. The first kappa shape index (κ1) is 14.3. The Labute approximate surface area is 114 Å². The average molecular weight is 267 g/mol. The van der Waals surface area contributed by atoms with E-state index in [4.69, 9.17) is 9.47 Å². The number of hydrogen-bond donors (Lipinski definition) is 1. The standard InChI is InChI=1S/C15H22FNO2/c1-17-11-12-6-7-15(14(16)10-12)19-9-3-5-13-4-2-8-18-13/h6-7,10,13,17H,2-5,8-9,11H2,1H3. The molecule has 1 unspecified atom stereocenters. The van der Waals surface area contributed by atoms with Crippen LogP contribution in [0.25, 0.3) is 0 Å². The fraction of sp³-hybridized carbons (Fsp3) is 0.600. The van der Waals surface area contributed by atoms with Crippen LogP contribution in [-0.2, 0) is 11.3 Å². The number of hydrogen-bond acceptors (Lipinski definition) is 3. The Hall–Kier alpha value is -1.13. The highest BCUT2D eigenvalue weighted by Crippen LogP contribution is 2.20. The van der Waals surface area contributed by atoms with Crippen molar-refractivity contribution in [2.45, 2.75) is 38.3 Å². The SMILES string of the molecule is CNCc1ccc(OCCCC2CCCO2)c(F)c1. The highest BCUT2D eigenvalue weighted by Gasteiger charge is 2.14. The van der Waals surface area contributed by atoms with Crippen LogP contribution >= 0.6 is 0 Å². The molecular formula is C15H22FNO2. The summed E-state index contributed by atoms with van der Waals surface area (Å²) >= 11 is 0. The topological polar surface area (TPSA) is 30.5 Å². The molecule has 19 heavy (non-hydrogen) atoms. The molecule has 0 saturated carbocycles. The zero-order valence-electron chi connectivity index (χ0n) is 11.5. The van der Waals surface area contributed by atoms with Gasteiger partial charge in [-0.3, -0.25) is 0 Å². The molecular weight excluding hydrogens is 245 g/mol. The third-order valence-electron chi connectivity index (χ3n) is 3.33. The average Bonchev–Trinajstić information content (AvgIpc) is 2.90. The first-order valence-corrected chi connectivity index (χ1v) is 6.97. The van der Waals surface area contributed by atoms with Gasteiger partial charge >= 0.3 is 0 Å². The number of halogens is 1. The van der Waals surface area contributed by atoms with Gasteiger partial charge in [0, 0.05) is 13.2 Å². The van der Waals surface area contributed by atoms with Gasteiger partial charge in [-0.15, -0.1) is 0 Å². The maximum absolute atomic E-state index is 13.7. The largest absolute Gasteiger partial charge is 0.491 e. The van der Waals surface area contributed by atoms with Gasteiger partial charge in [0.1, 0.15) is 0 Å². The van der Waals surface area contributed by atoms with Gasteiger partial charge in [0.2, 0.25) is 0 Å². The Bertz CT molecular complexity index is 392. The fourth-order valence-corrected chi connectivity index (χ4v) is 2.34. The molecule has 4 heteroatoms.